The molecule has 0 bridgehead atoms. The minimum atomic E-state index is -0.811. The molecule has 1 aromatic rings. The van der Waals surface area contributed by atoms with Gasteiger partial charge in [-0.25, -0.2) is 13.6 Å². The van der Waals surface area contributed by atoms with Gasteiger partial charge < -0.3 is 19.9 Å². The minimum absolute atomic E-state index is 0.0969. The fourth-order valence-corrected chi connectivity index (χ4v) is 2.10. The van der Waals surface area contributed by atoms with E-state index in [1.165, 1.54) is 12.1 Å². The number of halogens is 2. The molecule has 126 valence electrons. The van der Waals surface area contributed by atoms with Gasteiger partial charge in [0.2, 0.25) is 0 Å². The molecular weight excluding hydrogens is 305 g/mol. The first-order chi connectivity index (χ1) is 10.7. The highest BCUT2D eigenvalue weighted by atomic mass is 19.1. The second-order valence-electron chi connectivity index (χ2n) is 6.39. The van der Waals surface area contributed by atoms with E-state index >= 15 is 0 Å². The van der Waals surface area contributed by atoms with Gasteiger partial charge in [0, 0.05) is 17.7 Å². The molecule has 2 amide bonds. The van der Waals surface area contributed by atoms with Crippen molar-refractivity contribution in [3.05, 3.63) is 24.0 Å². The lowest BCUT2D eigenvalue weighted by Crippen LogP contribution is -2.41. The monoisotopic (exact) mass is 326 g/mol. The molecule has 1 aliphatic rings. The van der Waals surface area contributed by atoms with E-state index in [0.717, 1.165) is 0 Å². The standard InChI is InChI=1S/C15H21BF2N2O3/c1-14(2)15(3,4)23-16(22-14)11-6-5-10(9-12(11)18)20-13(21)19-8-7-17/h5-6,9H,7-8H2,1-4H3,(H2,19,20,21). The Morgan fingerprint density at radius 1 is 1.22 bits per heavy atom. The van der Waals surface area contributed by atoms with Crippen LogP contribution in [-0.4, -0.2) is 37.6 Å². The summed E-state index contributed by atoms with van der Waals surface area (Å²) in [6.07, 6.45) is 0. The van der Waals surface area contributed by atoms with Crippen molar-refractivity contribution in [2.45, 2.75) is 38.9 Å². The van der Waals surface area contributed by atoms with Crippen molar-refractivity contribution in [1.82, 2.24) is 5.32 Å². The van der Waals surface area contributed by atoms with Crippen molar-refractivity contribution in [3.8, 4) is 0 Å². The Bertz CT molecular complexity index is 580. The Labute approximate surface area is 134 Å². The molecule has 0 aliphatic carbocycles. The number of hydrogen-bond acceptors (Lipinski definition) is 3. The number of carbonyl (C=O) groups excluding carboxylic acids is 1. The predicted molar refractivity (Wildman–Crippen MR) is 85.1 cm³/mol. The summed E-state index contributed by atoms with van der Waals surface area (Å²) in [5.74, 6) is -0.549. The summed E-state index contributed by atoms with van der Waals surface area (Å²) in [6, 6.07) is 3.63. The molecule has 0 spiro atoms. The lowest BCUT2D eigenvalue weighted by atomic mass is 9.78. The fraction of sp³-hybridized carbons (Fsp3) is 0.533. The van der Waals surface area contributed by atoms with Crippen LogP contribution in [0.3, 0.4) is 0 Å². The maximum atomic E-state index is 14.3. The van der Waals surface area contributed by atoms with Crippen LogP contribution in [0.4, 0.5) is 19.3 Å². The van der Waals surface area contributed by atoms with E-state index in [9.17, 15) is 13.6 Å². The van der Waals surface area contributed by atoms with Crippen LogP contribution >= 0.6 is 0 Å². The van der Waals surface area contributed by atoms with Crippen molar-refractivity contribution < 1.29 is 22.9 Å². The molecule has 1 aromatic carbocycles. The molecule has 2 N–H and O–H groups in total. The Morgan fingerprint density at radius 3 is 2.35 bits per heavy atom. The Hall–Kier alpha value is -1.67. The smallest absolute Gasteiger partial charge is 0.399 e. The van der Waals surface area contributed by atoms with Gasteiger partial charge in [-0.3, -0.25) is 0 Å². The quantitative estimate of drug-likeness (QED) is 0.834. The van der Waals surface area contributed by atoms with Gasteiger partial charge in [-0.05, 0) is 39.8 Å². The first kappa shape index (κ1) is 17.7. The molecular formula is C15H21BF2N2O3. The predicted octanol–water partition coefficient (Wildman–Crippen LogP) is 2.22. The number of benzene rings is 1. The molecule has 0 aromatic heterocycles. The maximum absolute atomic E-state index is 14.3. The Kier molecular flexibility index (Phi) is 4.96. The van der Waals surface area contributed by atoms with Gasteiger partial charge in [-0.2, -0.15) is 0 Å². The minimum Gasteiger partial charge on any atom is -0.399 e. The van der Waals surface area contributed by atoms with E-state index in [2.05, 4.69) is 10.6 Å². The summed E-state index contributed by atoms with van der Waals surface area (Å²) in [7, 11) is -0.811. The van der Waals surface area contributed by atoms with Crippen molar-refractivity contribution in [2.75, 3.05) is 18.5 Å². The van der Waals surface area contributed by atoms with Crippen LogP contribution < -0.4 is 16.1 Å². The molecule has 0 unspecified atom stereocenters. The SMILES string of the molecule is CC1(C)OB(c2ccc(NC(=O)NCCF)cc2F)OC1(C)C. The number of rotatable bonds is 4. The topological polar surface area (TPSA) is 59.6 Å². The zero-order valence-electron chi connectivity index (χ0n) is 13.7. The van der Waals surface area contributed by atoms with Crippen molar-refractivity contribution in [3.63, 3.8) is 0 Å². The van der Waals surface area contributed by atoms with Crippen LogP contribution in [0.15, 0.2) is 18.2 Å². The first-order valence-corrected chi connectivity index (χ1v) is 7.42. The molecule has 0 saturated carbocycles. The molecule has 1 aliphatic heterocycles. The van der Waals surface area contributed by atoms with Crippen LogP contribution in [0.2, 0.25) is 0 Å². The molecule has 1 saturated heterocycles. The van der Waals surface area contributed by atoms with Gasteiger partial charge in [0.1, 0.15) is 12.5 Å². The largest absolute Gasteiger partial charge is 0.497 e. The van der Waals surface area contributed by atoms with E-state index < -0.39 is 36.8 Å². The molecule has 5 nitrogen and oxygen atoms in total. The number of urea groups is 1. The van der Waals surface area contributed by atoms with Crippen LogP contribution in [0.5, 0.6) is 0 Å². The third kappa shape index (κ3) is 3.81. The van der Waals surface area contributed by atoms with Crippen LogP contribution in [-0.2, 0) is 9.31 Å². The second-order valence-corrected chi connectivity index (χ2v) is 6.39. The Balaban J connectivity index is 2.10. The summed E-state index contributed by atoms with van der Waals surface area (Å²) in [4.78, 5) is 11.4. The van der Waals surface area contributed by atoms with Gasteiger partial charge in [-0.15, -0.1) is 0 Å². The molecule has 8 heteroatoms. The fourth-order valence-electron chi connectivity index (χ4n) is 2.10. The molecule has 2 rings (SSSR count). The van der Waals surface area contributed by atoms with E-state index in [1.807, 2.05) is 27.7 Å². The zero-order chi connectivity index (χ0) is 17.3. The third-order valence-corrected chi connectivity index (χ3v) is 4.15. The van der Waals surface area contributed by atoms with Gasteiger partial charge in [0.05, 0.1) is 11.2 Å². The molecule has 0 atom stereocenters. The van der Waals surface area contributed by atoms with Gasteiger partial charge in [0.25, 0.3) is 0 Å². The van der Waals surface area contributed by atoms with Crippen molar-refractivity contribution >= 4 is 24.3 Å². The van der Waals surface area contributed by atoms with Gasteiger partial charge >= 0.3 is 13.1 Å². The molecule has 0 radical (unpaired) electrons. The van der Waals surface area contributed by atoms with Crippen LogP contribution in [0.25, 0.3) is 0 Å². The summed E-state index contributed by atoms with van der Waals surface area (Å²) in [5, 5.41) is 4.72. The number of nitrogens with one attached hydrogen (secondary N) is 2. The van der Waals surface area contributed by atoms with Crippen molar-refractivity contribution in [2.24, 2.45) is 0 Å². The van der Waals surface area contributed by atoms with Crippen LogP contribution in [0.1, 0.15) is 27.7 Å². The maximum Gasteiger partial charge on any atom is 0.497 e. The summed E-state index contributed by atoms with van der Waals surface area (Å²) < 4.78 is 37.9. The number of carbonyl (C=O) groups is 1. The average molecular weight is 326 g/mol. The highest BCUT2D eigenvalue weighted by molar-refractivity contribution is 6.62. The average Bonchev–Trinajstić information content (AvgIpc) is 2.65. The lowest BCUT2D eigenvalue weighted by molar-refractivity contribution is 0.00578. The molecule has 23 heavy (non-hydrogen) atoms. The first-order valence-electron chi connectivity index (χ1n) is 7.42. The van der Waals surface area contributed by atoms with Gasteiger partial charge in [0.15, 0.2) is 0 Å². The van der Waals surface area contributed by atoms with E-state index in [-0.39, 0.29) is 17.7 Å². The number of amides is 2. The summed E-state index contributed by atoms with van der Waals surface area (Å²) in [5.41, 5.74) is -0.599. The number of anilines is 1. The zero-order valence-corrected chi connectivity index (χ0v) is 13.7. The van der Waals surface area contributed by atoms with E-state index in [4.69, 9.17) is 9.31 Å². The highest BCUT2D eigenvalue weighted by Crippen LogP contribution is 2.36. The highest BCUT2D eigenvalue weighted by Gasteiger charge is 2.52. The molecule has 1 fully saturated rings. The lowest BCUT2D eigenvalue weighted by Gasteiger charge is -2.32. The number of hydrogen-bond donors (Lipinski definition) is 2. The second kappa shape index (κ2) is 6.45. The Morgan fingerprint density at radius 2 is 1.83 bits per heavy atom. The van der Waals surface area contributed by atoms with Gasteiger partial charge in [-0.1, -0.05) is 6.07 Å². The van der Waals surface area contributed by atoms with Crippen molar-refractivity contribution in [1.29, 1.82) is 0 Å². The van der Waals surface area contributed by atoms with E-state index in [0.29, 0.717) is 0 Å². The molecule has 1 heterocycles. The number of alkyl halides is 1. The summed E-state index contributed by atoms with van der Waals surface area (Å²) >= 11 is 0. The van der Waals surface area contributed by atoms with Crippen LogP contribution in [0, 0.1) is 5.82 Å². The van der Waals surface area contributed by atoms with E-state index in [1.54, 1.807) is 6.07 Å². The normalized spacial score (nSPS) is 18.8. The summed E-state index contributed by atoms with van der Waals surface area (Å²) in [6.45, 7) is 6.78. The third-order valence-electron chi connectivity index (χ3n) is 4.15.